The number of primary amides is 1. The quantitative estimate of drug-likeness (QED) is 0.793. The van der Waals surface area contributed by atoms with E-state index in [-0.39, 0.29) is 11.7 Å². The molecule has 130 valence electrons. The number of hydrogen-bond donors (Lipinski definition) is 2. The highest BCUT2D eigenvalue weighted by molar-refractivity contribution is 6.03. The van der Waals surface area contributed by atoms with Gasteiger partial charge in [0.2, 0.25) is 11.8 Å². The molecule has 5 nitrogen and oxygen atoms in total. The molecule has 6 heteroatoms. The monoisotopic (exact) mass is 341 g/mol. The summed E-state index contributed by atoms with van der Waals surface area (Å²) in [6, 6.07) is 10.7. The SMILES string of the molecule is CN(C)Cc1ccc(C(N)=O)cc1NC(=O)/C=C\c1ccc(F)cc1. The summed E-state index contributed by atoms with van der Waals surface area (Å²) in [4.78, 5) is 25.5. The fourth-order valence-electron chi connectivity index (χ4n) is 2.24. The van der Waals surface area contributed by atoms with Crippen molar-refractivity contribution < 1.29 is 14.0 Å². The highest BCUT2D eigenvalue weighted by atomic mass is 19.1. The molecule has 0 saturated heterocycles. The number of halogens is 1. The summed E-state index contributed by atoms with van der Waals surface area (Å²) in [5.41, 5.74) is 7.72. The van der Waals surface area contributed by atoms with E-state index in [1.54, 1.807) is 36.4 Å². The van der Waals surface area contributed by atoms with Crippen molar-refractivity contribution in [2.45, 2.75) is 6.54 Å². The molecule has 25 heavy (non-hydrogen) atoms. The molecular formula is C19H20FN3O2. The van der Waals surface area contributed by atoms with E-state index in [0.29, 0.717) is 23.4 Å². The van der Waals surface area contributed by atoms with Crippen molar-refractivity contribution in [3.8, 4) is 0 Å². The molecule has 0 radical (unpaired) electrons. The van der Waals surface area contributed by atoms with Crippen LogP contribution in [0.25, 0.3) is 6.08 Å². The number of benzene rings is 2. The standard InChI is InChI=1S/C19H20FN3O2/c1-23(2)12-15-7-6-14(19(21)25)11-17(15)22-18(24)10-5-13-3-8-16(20)9-4-13/h3-11H,12H2,1-2H3,(H2,21,25)(H,22,24)/b10-5-. The molecule has 0 heterocycles. The Morgan fingerprint density at radius 3 is 2.44 bits per heavy atom. The Balaban J connectivity index is 2.18. The van der Waals surface area contributed by atoms with Crippen LogP contribution in [-0.2, 0) is 11.3 Å². The molecule has 0 aliphatic carbocycles. The first-order valence-electron chi connectivity index (χ1n) is 7.67. The summed E-state index contributed by atoms with van der Waals surface area (Å²) in [6.45, 7) is 0.594. The molecular weight excluding hydrogens is 321 g/mol. The van der Waals surface area contributed by atoms with Gasteiger partial charge in [0.25, 0.3) is 0 Å². The van der Waals surface area contributed by atoms with Crippen LogP contribution in [0, 0.1) is 5.82 Å². The molecule has 2 aromatic carbocycles. The highest BCUT2D eigenvalue weighted by Gasteiger charge is 2.10. The third kappa shape index (κ3) is 5.54. The average Bonchev–Trinajstić information content (AvgIpc) is 2.55. The maximum absolute atomic E-state index is 12.9. The summed E-state index contributed by atoms with van der Waals surface area (Å²) in [7, 11) is 3.81. The summed E-state index contributed by atoms with van der Waals surface area (Å²) < 4.78 is 12.9. The fourth-order valence-corrected chi connectivity index (χ4v) is 2.24. The molecule has 2 rings (SSSR count). The van der Waals surface area contributed by atoms with E-state index >= 15 is 0 Å². The number of anilines is 1. The molecule has 0 spiro atoms. The maximum Gasteiger partial charge on any atom is 0.248 e. The van der Waals surface area contributed by atoms with Gasteiger partial charge < -0.3 is 16.0 Å². The Labute approximate surface area is 145 Å². The first-order valence-corrected chi connectivity index (χ1v) is 7.67. The van der Waals surface area contributed by atoms with Crippen LogP contribution < -0.4 is 11.1 Å². The van der Waals surface area contributed by atoms with Crippen LogP contribution in [-0.4, -0.2) is 30.8 Å². The van der Waals surface area contributed by atoms with Gasteiger partial charge in [-0.15, -0.1) is 0 Å². The molecule has 0 aliphatic rings. The van der Waals surface area contributed by atoms with E-state index in [1.165, 1.54) is 18.2 Å². The van der Waals surface area contributed by atoms with E-state index in [4.69, 9.17) is 5.73 Å². The van der Waals surface area contributed by atoms with Crippen LogP contribution in [0.3, 0.4) is 0 Å². The zero-order valence-electron chi connectivity index (χ0n) is 14.1. The first-order chi connectivity index (χ1) is 11.8. The molecule has 0 aromatic heterocycles. The molecule has 2 aromatic rings. The van der Waals surface area contributed by atoms with Gasteiger partial charge in [0, 0.05) is 23.9 Å². The van der Waals surface area contributed by atoms with Gasteiger partial charge in [0.1, 0.15) is 5.82 Å². The van der Waals surface area contributed by atoms with Crippen LogP contribution >= 0.6 is 0 Å². The minimum absolute atomic E-state index is 0.320. The lowest BCUT2D eigenvalue weighted by Gasteiger charge is -2.15. The lowest BCUT2D eigenvalue weighted by molar-refractivity contribution is -0.111. The number of amides is 2. The second-order valence-corrected chi connectivity index (χ2v) is 5.85. The summed E-state index contributed by atoms with van der Waals surface area (Å²) in [5, 5.41) is 2.76. The normalized spacial score (nSPS) is 11.0. The smallest absolute Gasteiger partial charge is 0.248 e. The van der Waals surface area contributed by atoms with Crippen LogP contribution in [0.4, 0.5) is 10.1 Å². The highest BCUT2D eigenvalue weighted by Crippen LogP contribution is 2.19. The van der Waals surface area contributed by atoms with Gasteiger partial charge in [0.15, 0.2) is 0 Å². The van der Waals surface area contributed by atoms with E-state index < -0.39 is 5.91 Å². The van der Waals surface area contributed by atoms with E-state index in [9.17, 15) is 14.0 Å². The molecule has 2 amide bonds. The Hall–Kier alpha value is -2.99. The Morgan fingerprint density at radius 1 is 1.16 bits per heavy atom. The maximum atomic E-state index is 12.9. The fraction of sp³-hybridized carbons (Fsp3) is 0.158. The minimum Gasteiger partial charge on any atom is -0.366 e. The number of nitrogens with two attached hydrogens (primary N) is 1. The summed E-state index contributed by atoms with van der Waals surface area (Å²) in [5.74, 6) is -1.25. The topological polar surface area (TPSA) is 75.4 Å². The van der Waals surface area contributed by atoms with Crippen molar-refractivity contribution in [2.75, 3.05) is 19.4 Å². The van der Waals surface area contributed by atoms with E-state index in [0.717, 1.165) is 5.56 Å². The van der Waals surface area contributed by atoms with E-state index in [1.807, 2.05) is 19.0 Å². The molecule has 3 N–H and O–H groups in total. The third-order valence-electron chi connectivity index (χ3n) is 3.44. The van der Waals surface area contributed by atoms with Gasteiger partial charge in [-0.2, -0.15) is 0 Å². The zero-order valence-corrected chi connectivity index (χ0v) is 14.1. The van der Waals surface area contributed by atoms with Crippen LogP contribution in [0.15, 0.2) is 48.5 Å². The molecule has 0 fully saturated rings. The van der Waals surface area contributed by atoms with Gasteiger partial charge in [-0.05, 0) is 55.6 Å². The number of nitrogens with zero attached hydrogens (tertiary/aromatic N) is 1. The number of nitrogens with one attached hydrogen (secondary N) is 1. The average molecular weight is 341 g/mol. The van der Waals surface area contributed by atoms with Crippen LogP contribution in [0.1, 0.15) is 21.5 Å². The largest absolute Gasteiger partial charge is 0.366 e. The van der Waals surface area contributed by atoms with Crippen molar-refractivity contribution in [3.05, 3.63) is 71.0 Å². The van der Waals surface area contributed by atoms with Crippen molar-refractivity contribution >= 4 is 23.6 Å². The van der Waals surface area contributed by atoms with Crippen molar-refractivity contribution in [1.82, 2.24) is 4.90 Å². The summed E-state index contributed by atoms with van der Waals surface area (Å²) in [6.07, 6.45) is 2.93. The van der Waals surface area contributed by atoms with Crippen molar-refractivity contribution in [1.29, 1.82) is 0 Å². The zero-order chi connectivity index (χ0) is 18.4. The molecule has 0 saturated carbocycles. The second kappa shape index (κ2) is 8.21. The third-order valence-corrected chi connectivity index (χ3v) is 3.44. The van der Waals surface area contributed by atoms with Crippen LogP contribution in [0.2, 0.25) is 0 Å². The number of carbonyl (C=O) groups is 2. The van der Waals surface area contributed by atoms with Gasteiger partial charge in [-0.3, -0.25) is 9.59 Å². The second-order valence-electron chi connectivity index (χ2n) is 5.85. The number of rotatable bonds is 6. The lowest BCUT2D eigenvalue weighted by atomic mass is 10.1. The molecule has 0 bridgehead atoms. The molecule has 0 unspecified atom stereocenters. The number of carbonyl (C=O) groups excluding carboxylic acids is 2. The van der Waals surface area contributed by atoms with Crippen molar-refractivity contribution in [2.24, 2.45) is 5.73 Å². The lowest BCUT2D eigenvalue weighted by Crippen LogP contribution is -2.17. The predicted octanol–water partition coefficient (Wildman–Crippen LogP) is 2.64. The van der Waals surface area contributed by atoms with Crippen molar-refractivity contribution in [3.63, 3.8) is 0 Å². The molecule has 0 aliphatic heterocycles. The Morgan fingerprint density at radius 2 is 1.84 bits per heavy atom. The Kier molecular flexibility index (Phi) is 6.03. The first kappa shape index (κ1) is 18.4. The van der Waals surface area contributed by atoms with Crippen LogP contribution in [0.5, 0.6) is 0 Å². The molecule has 0 atom stereocenters. The van der Waals surface area contributed by atoms with E-state index in [2.05, 4.69) is 5.32 Å². The van der Waals surface area contributed by atoms with Gasteiger partial charge >= 0.3 is 0 Å². The Bertz CT molecular complexity index is 799. The van der Waals surface area contributed by atoms with Gasteiger partial charge in [-0.25, -0.2) is 4.39 Å². The van der Waals surface area contributed by atoms with Gasteiger partial charge in [0.05, 0.1) is 0 Å². The number of hydrogen-bond acceptors (Lipinski definition) is 3. The van der Waals surface area contributed by atoms with Gasteiger partial charge in [-0.1, -0.05) is 18.2 Å². The minimum atomic E-state index is -0.561. The predicted molar refractivity (Wildman–Crippen MR) is 96.4 cm³/mol. The summed E-state index contributed by atoms with van der Waals surface area (Å²) >= 11 is 0.